The van der Waals surface area contributed by atoms with E-state index in [-0.39, 0.29) is 11.8 Å². The minimum atomic E-state index is 0.146. The Morgan fingerprint density at radius 3 is 2.78 bits per heavy atom. The summed E-state index contributed by atoms with van der Waals surface area (Å²) in [6, 6.07) is 0. The molecule has 0 aliphatic carbocycles. The van der Waals surface area contributed by atoms with Gasteiger partial charge in [-0.25, -0.2) is 4.98 Å². The number of amides is 1. The summed E-state index contributed by atoms with van der Waals surface area (Å²) in [5.41, 5.74) is 1.05. The van der Waals surface area contributed by atoms with Crippen molar-refractivity contribution in [2.75, 3.05) is 44.3 Å². The highest BCUT2D eigenvalue weighted by atomic mass is 32.1. The van der Waals surface area contributed by atoms with Crippen molar-refractivity contribution in [3.05, 3.63) is 11.1 Å². The second-order valence-corrected chi connectivity index (χ2v) is 5.65. The van der Waals surface area contributed by atoms with Gasteiger partial charge in [0.15, 0.2) is 5.13 Å². The van der Waals surface area contributed by atoms with Crippen LogP contribution in [0.3, 0.4) is 0 Å². The predicted octanol–water partition coefficient (Wildman–Crippen LogP) is 0.747. The number of thiazole rings is 1. The van der Waals surface area contributed by atoms with Crippen LogP contribution in [-0.2, 0) is 9.53 Å². The average Bonchev–Trinajstić information content (AvgIpc) is 2.75. The van der Waals surface area contributed by atoms with Crippen molar-refractivity contribution in [1.29, 1.82) is 0 Å². The summed E-state index contributed by atoms with van der Waals surface area (Å²) in [4.78, 5) is 20.7. The summed E-state index contributed by atoms with van der Waals surface area (Å²) in [7, 11) is 0. The van der Waals surface area contributed by atoms with Crippen LogP contribution in [0.25, 0.3) is 0 Å². The molecule has 0 N–H and O–H groups in total. The van der Waals surface area contributed by atoms with Crippen molar-refractivity contribution in [2.45, 2.75) is 6.92 Å². The Bertz CT molecular complexity index is 436. The number of morpholine rings is 1. The predicted molar refractivity (Wildman–Crippen MR) is 70.0 cm³/mol. The molecule has 0 saturated carbocycles. The first-order valence-electron chi connectivity index (χ1n) is 6.27. The number of anilines is 1. The van der Waals surface area contributed by atoms with Gasteiger partial charge in [0.05, 0.1) is 24.8 Å². The fourth-order valence-corrected chi connectivity index (χ4v) is 3.14. The third-order valence-corrected chi connectivity index (χ3v) is 4.45. The first-order chi connectivity index (χ1) is 8.74. The molecule has 2 fully saturated rings. The van der Waals surface area contributed by atoms with Crippen molar-refractivity contribution in [1.82, 2.24) is 9.88 Å². The van der Waals surface area contributed by atoms with Crippen molar-refractivity contribution < 1.29 is 9.53 Å². The molecular formula is C12H17N3O2S. The lowest BCUT2D eigenvalue weighted by Gasteiger charge is -2.41. The Morgan fingerprint density at radius 1 is 1.44 bits per heavy atom. The fourth-order valence-electron chi connectivity index (χ4n) is 2.32. The molecule has 3 rings (SSSR count). The number of carbonyl (C=O) groups excluding carboxylic acids is 1. The summed E-state index contributed by atoms with van der Waals surface area (Å²) < 4.78 is 5.26. The van der Waals surface area contributed by atoms with E-state index in [0.717, 1.165) is 37.0 Å². The first kappa shape index (κ1) is 11.9. The third kappa shape index (κ3) is 2.22. The Balaban J connectivity index is 1.53. The number of carbonyl (C=O) groups is 1. The zero-order valence-corrected chi connectivity index (χ0v) is 11.3. The first-order valence-corrected chi connectivity index (χ1v) is 7.15. The minimum Gasteiger partial charge on any atom is -0.378 e. The van der Waals surface area contributed by atoms with Gasteiger partial charge in [-0.1, -0.05) is 0 Å². The lowest BCUT2D eigenvalue weighted by Crippen LogP contribution is -2.56. The van der Waals surface area contributed by atoms with Crippen LogP contribution in [-0.4, -0.2) is 55.2 Å². The zero-order chi connectivity index (χ0) is 12.5. The normalized spacial score (nSPS) is 20.9. The van der Waals surface area contributed by atoms with Crippen LogP contribution >= 0.6 is 11.3 Å². The quantitative estimate of drug-likeness (QED) is 0.793. The highest BCUT2D eigenvalue weighted by Gasteiger charge is 2.36. The van der Waals surface area contributed by atoms with E-state index in [0.29, 0.717) is 13.2 Å². The van der Waals surface area contributed by atoms with Crippen LogP contribution in [0.4, 0.5) is 5.13 Å². The van der Waals surface area contributed by atoms with E-state index in [1.165, 1.54) is 0 Å². The number of rotatable bonds is 2. The summed E-state index contributed by atoms with van der Waals surface area (Å²) >= 11 is 1.65. The van der Waals surface area contributed by atoms with Gasteiger partial charge in [0.2, 0.25) is 5.91 Å². The Morgan fingerprint density at radius 2 is 2.17 bits per heavy atom. The Hall–Kier alpha value is -1.14. The van der Waals surface area contributed by atoms with Gasteiger partial charge in [-0.05, 0) is 6.92 Å². The van der Waals surface area contributed by atoms with Crippen molar-refractivity contribution in [3.8, 4) is 0 Å². The lowest BCUT2D eigenvalue weighted by atomic mass is 9.99. The van der Waals surface area contributed by atoms with E-state index in [4.69, 9.17) is 4.74 Å². The van der Waals surface area contributed by atoms with E-state index in [2.05, 4.69) is 9.88 Å². The van der Waals surface area contributed by atoms with Crippen LogP contribution in [0, 0.1) is 12.8 Å². The molecule has 0 atom stereocenters. The number of hydrogen-bond acceptors (Lipinski definition) is 5. The molecule has 2 saturated heterocycles. The van der Waals surface area contributed by atoms with Crippen LogP contribution in [0.5, 0.6) is 0 Å². The topological polar surface area (TPSA) is 45.7 Å². The van der Waals surface area contributed by atoms with Crippen molar-refractivity contribution in [2.24, 2.45) is 5.92 Å². The Kier molecular flexibility index (Phi) is 3.22. The van der Waals surface area contributed by atoms with E-state index in [9.17, 15) is 4.79 Å². The summed E-state index contributed by atoms with van der Waals surface area (Å²) in [5, 5.41) is 3.09. The molecule has 0 aromatic carbocycles. The van der Waals surface area contributed by atoms with Gasteiger partial charge < -0.3 is 14.5 Å². The average molecular weight is 267 g/mol. The van der Waals surface area contributed by atoms with Crippen LogP contribution in [0.1, 0.15) is 5.69 Å². The van der Waals surface area contributed by atoms with Gasteiger partial charge in [-0.2, -0.15) is 0 Å². The molecule has 18 heavy (non-hydrogen) atoms. The molecule has 0 spiro atoms. The van der Waals surface area contributed by atoms with E-state index >= 15 is 0 Å². The molecule has 6 heteroatoms. The SMILES string of the molecule is Cc1csc(N2CC(C(=O)N3CCOCC3)C2)n1. The molecule has 3 heterocycles. The Labute approximate surface area is 110 Å². The van der Waals surface area contributed by atoms with E-state index in [1.54, 1.807) is 11.3 Å². The van der Waals surface area contributed by atoms with Crippen molar-refractivity contribution in [3.63, 3.8) is 0 Å². The number of nitrogens with zero attached hydrogens (tertiary/aromatic N) is 3. The van der Waals surface area contributed by atoms with Gasteiger partial charge in [0, 0.05) is 31.6 Å². The number of hydrogen-bond donors (Lipinski definition) is 0. The van der Waals surface area contributed by atoms with Gasteiger partial charge in [-0.3, -0.25) is 4.79 Å². The highest BCUT2D eigenvalue weighted by molar-refractivity contribution is 7.13. The number of ether oxygens (including phenoxy) is 1. The summed E-state index contributed by atoms with van der Waals surface area (Å²) in [5.74, 6) is 0.426. The molecule has 1 aromatic heterocycles. The molecule has 1 aromatic rings. The second-order valence-electron chi connectivity index (χ2n) is 4.81. The second kappa shape index (κ2) is 4.85. The molecule has 0 bridgehead atoms. The fraction of sp³-hybridized carbons (Fsp3) is 0.667. The summed E-state index contributed by atoms with van der Waals surface area (Å²) in [6.07, 6.45) is 0. The highest BCUT2D eigenvalue weighted by Crippen LogP contribution is 2.28. The maximum atomic E-state index is 12.2. The largest absolute Gasteiger partial charge is 0.378 e. The molecule has 1 amide bonds. The molecular weight excluding hydrogens is 250 g/mol. The van der Waals surface area contributed by atoms with E-state index in [1.807, 2.05) is 17.2 Å². The number of aromatic nitrogens is 1. The van der Waals surface area contributed by atoms with Crippen LogP contribution < -0.4 is 4.90 Å². The van der Waals surface area contributed by atoms with E-state index < -0.39 is 0 Å². The monoisotopic (exact) mass is 267 g/mol. The van der Waals surface area contributed by atoms with Gasteiger partial charge >= 0.3 is 0 Å². The molecule has 2 aliphatic rings. The molecule has 0 radical (unpaired) electrons. The van der Waals surface area contributed by atoms with Gasteiger partial charge in [-0.15, -0.1) is 11.3 Å². The smallest absolute Gasteiger partial charge is 0.229 e. The lowest BCUT2D eigenvalue weighted by molar-refractivity contribution is -0.140. The standard InChI is InChI=1S/C12H17N3O2S/c1-9-8-18-12(13-9)15-6-10(7-15)11(16)14-2-4-17-5-3-14/h8,10H,2-7H2,1H3. The van der Waals surface area contributed by atoms with Crippen LogP contribution in [0.15, 0.2) is 5.38 Å². The minimum absolute atomic E-state index is 0.146. The molecule has 5 nitrogen and oxygen atoms in total. The third-order valence-electron chi connectivity index (χ3n) is 3.43. The maximum absolute atomic E-state index is 12.2. The van der Waals surface area contributed by atoms with Crippen LogP contribution in [0.2, 0.25) is 0 Å². The zero-order valence-electron chi connectivity index (χ0n) is 10.5. The maximum Gasteiger partial charge on any atom is 0.229 e. The van der Waals surface area contributed by atoms with Gasteiger partial charge in [0.25, 0.3) is 0 Å². The molecule has 2 aliphatic heterocycles. The van der Waals surface area contributed by atoms with Gasteiger partial charge in [0.1, 0.15) is 0 Å². The van der Waals surface area contributed by atoms with Crippen molar-refractivity contribution >= 4 is 22.4 Å². The molecule has 0 unspecified atom stereocenters. The summed E-state index contributed by atoms with van der Waals surface area (Å²) in [6.45, 7) is 6.45. The number of aryl methyl sites for hydroxylation is 1. The molecule has 98 valence electrons.